The first-order valence-electron chi connectivity index (χ1n) is 8.27. The van der Waals surface area contributed by atoms with Crippen molar-refractivity contribution in [1.82, 2.24) is 30.0 Å². The molecule has 0 spiro atoms. The second-order valence-corrected chi connectivity index (χ2v) is 5.58. The van der Waals surface area contributed by atoms with Crippen LogP contribution in [0.3, 0.4) is 0 Å². The normalized spacial score (nSPS) is 14.2. The Morgan fingerprint density at radius 1 is 1.08 bits per heavy atom. The molecule has 0 bridgehead atoms. The lowest BCUT2D eigenvalue weighted by atomic mass is 10.3. The Balaban J connectivity index is 1.62. The zero-order chi connectivity index (χ0) is 18.5. The van der Waals surface area contributed by atoms with Crippen LogP contribution in [0.1, 0.15) is 17.5 Å². The zero-order valence-corrected chi connectivity index (χ0v) is 14.7. The van der Waals surface area contributed by atoms with Gasteiger partial charge in [-0.15, -0.1) is 15.0 Å². The molecule has 0 atom stereocenters. The van der Waals surface area contributed by atoms with Gasteiger partial charge in [0.2, 0.25) is 0 Å². The molecule has 2 aromatic rings. The summed E-state index contributed by atoms with van der Waals surface area (Å²) in [5.74, 6) is 0.420. The number of piperazine rings is 1. The van der Waals surface area contributed by atoms with E-state index in [0.29, 0.717) is 44.2 Å². The quantitative estimate of drug-likeness (QED) is 0.786. The number of aromatic nitrogens is 4. The van der Waals surface area contributed by atoms with Crippen LogP contribution < -0.4 is 4.74 Å². The fourth-order valence-corrected chi connectivity index (χ4v) is 2.57. The first kappa shape index (κ1) is 17.6. The second-order valence-electron chi connectivity index (χ2n) is 5.58. The SMILES string of the molecule is CCOC(=O)N1CCN(C(=O)c2nnn(-c3ccc(OC)cc3)n2)CC1. The van der Waals surface area contributed by atoms with Crippen LogP contribution >= 0.6 is 0 Å². The van der Waals surface area contributed by atoms with E-state index in [4.69, 9.17) is 9.47 Å². The molecular weight excluding hydrogens is 340 g/mol. The summed E-state index contributed by atoms with van der Waals surface area (Å²) in [6.45, 7) is 3.71. The average molecular weight is 360 g/mol. The van der Waals surface area contributed by atoms with Crippen LogP contribution in [-0.4, -0.2) is 81.9 Å². The molecule has 0 radical (unpaired) electrons. The first-order chi connectivity index (χ1) is 12.6. The third-order valence-corrected chi connectivity index (χ3v) is 4.00. The van der Waals surface area contributed by atoms with Crippen molar-refractivity contribution in [3.63, 3.8) is 0 Å². The van der Waals surface area contributed by atoms with Crippen LogP contribution in [0.25, 0.3) is 5.69 Å². The molecule has 1 aliphatic rings. The van der Waals surface area contributed by atoms with Crippen molar-refractivity contribution in [2.75, 3.05) is 39.9 Å². The van der Waals surface area contributed by atoms with Gasteiger partial charge in [-0.1, -0.05) is 0 Å². The first-order valence-corrected chi connectivity index (χ1v) is 8.27. The van der Waals surface area contributed by atoms with Gasteiger partial charge in [-0.3, -0.25) is 4.79 Å². The Morgan fingerprint density at radius 2 is 1.73 bits per heavy atom. The van der Waals surface area contributed by atoms with Gasteiger partial charge >= 0.3 is 6.09 Å². The summed E-state index contributed by atoms with van der Waals surface area (Å²) in [7, 11) is 1.58. The Bertz CT molecular complexity index is 767. The summed E-state index contributed by atoms with van der Waals surface area (Å²) >= 11 is 0. The highest BCUT2D eigenvalue weighted by molar-refractivity contribution is 5.90. The monoisotopic (exact) mass is 360 g/mol. The highest BCUT2D eigenvalue weighted by atomic mass is 16.6. The van der Waals surface area contributed by atoms with E-state index in [1.165, 1.54) is 4.80 Å². The second kappa shape index (κ2) is 7.81. The number of amides is 2. The van der Waals surface area contributed by atoms with Crippen molar-refractivity contribution in [2.45, 2.75) is 6.92 Å². The average Bonchev–Trinajstić information content (AvgIpc) is 3.18. The van der Waals surface area contributed by atoms with E-state index in [1.807, 2.05) is 0 Å². The van der Waals surface area contributed by atoms with Crippen molar-refractivity contribution >= 4 is 12.0 Å². The maximum absolute atomic E-state index is 12.5. The molecule has 2 heterocycles. The van der Waals surface area contributed by atoms with E-state index in [1.54, 1.807) is 48.1 Å². The third kappa shape index (κ3) is 3.73. The van der Waals surface area contributed by atoms with Gasteiger partial charge < -0.3 is 19.3 Å². The minimum Gasteiger partial charge on any atom is -0.497 e. The van der Waals surface area contributed by atoms with Gasteiger partial charge in [-0.05, 0) is 36.4 Å². The fraction of sp³-hybridized carbons (Fsp3) is 0.438. The maximum Gasteiger partial charge on any atom is 0.409 e. The van der Waals surface area contributed by atoms with Crippen molar-refractivity contribution in [3.05, 3.63) is 30.1 Å². The van der Waals surface area contributed by atoms with Gasteiger partial charge in [-0.25, -0.2) is 4.79 Å². The summed E-state index contributed by atoms with van der Waals surface area (Å²) in [6, 6.07) is 7.09. The van der Waals surface area contributed by atoms with E-state index in [2.05, 4.69) is 15.4 Å². The zero-order valence-electron chi connectivity index (χ0n) is 14.7. The summed E-state index contributed by atoms with van der Waals surface area (Å²) in [6.07, 6.45) is -0.358. The lowest BCUT2D eigenvalue weighted by molar-refractivity contribution is 0.0561. The highest BCUT2D eigenvalue weighted by Gasteiger charge is 2.27. The number of carbonyl (C=O) groups excluding carboxylic acids is 2. The van der Waals surface area contributed by atoms with E-state index in [9.17, 15) is 9.59 Å². The Kier molecular flexibility index (Phi) is 5.30. The number of benzene rings is 1. The van der Waals surface area contributed by atoms with Crippen LogP contribution in [0.5, 0.6) is 5.75 Å². The molecule has 1 aliphatic heterocycles. The van der Waals surface area contributed by atoms with Crippen molar-refractivity contribution in [1.29, 1.82) is 0 Å². The van der Waals surface area contributed by atoms with E-state index in [-0.39, 0.29) is 17.8 Å². The van der Waals surface area contributed by atoms with Gasteiger partial charge in [0.25, 0.3) is 11.7 Å². The van der Waals surface area contributed by atoms with Gasteiger partial charge in [-0.2, -0.15) is 0 Å². The fourth-order valence-electron chi connectivity index (χ4n) is 2.57. The van der Waals surface area contributed by atoms with Crippen LogP contribution in [-0.2, 0) is 4.74 Å². The van der Waals surface area contributed by atoms with E-state index >= 15 is 0 Å². The lowest BCUT2D eigenvalue weighted by Gasteiger charge is -2.33. The molecule has 2 amide bonds. The Labute approximate surface area is 150 Å². The van der Waals surface area contributed by atoms with Gasteiger partial charge in [0.15, 0.2) is 0 Å². The number of hydrogen-bond acceptors (Lipinski definition) is 7. The molecule has 138 valence electrons. The molecule has 0 saturated carbocycles. The Morgan fingerprint density at radius 3 is 2.35 bits per heavy atom. The molecule has 10 heteroatoms. The van der Waals surface area contributed by atoms with Gasteiger partial charge in [0, 0.05) is 26.2 Å². The number of ether oxygens (including phenoxy) is 2. The minimum atomic E-state index is -0.358. The number of methoxy groups -OCH3 is 1. The minimum absolute atomic E-state index is 0.0189. The lowest BCUT2D eigenvalue weighted by Crippen LogP contribution is -2.51. The van der Waals surface area contributed by atoms with E-state index in [0.717, 1.165) is 0 Å². The van der Waals surface area contributed by atoms with Gasteiger partial charge in [0.05, 0.1) is 19.4 Å². The number of carbonyl (C=O) groups is 2. The third-order valence-electron chi connectivity index (χ3n) is 4.00. The molecule has 26 heavy (non-hydrogen) atoms. The summed E-state index contributed by atoms with van der Waals surface area (Å²) in [4.78, 5) is 28.7. The smallest absolute Gasteiger partial charge is 0.409 e. The highest BCUT2D eigenvalue weighted by Crippen LogP contribution is 2.13. The van der Waals surface area contributed by atoms with E-state index < -0.39 is 0 Å². The predicted molar refractivity (Wildman–Crippen MR) is 90.2 cm³/mol. The number of hydrogen-bond donors (Lipinski definition) is 0. The van der Waals surface area contributed by atoms with Crippen molar-refractivity contribution < 1.29 is 19.1 Å². The Hall–Kier alpha value is -3.17. The molecule has 1 fully saturated rings. The maximum atomic E-state index is 12.5. The van der Waals surface area contributed by atoms with Crippen LogP contribution in [0, 0.1) is 0 Å². The number of rotatable bonds is 4. The number of tetrazole rings is 1. The standard InChI is InChI=1S/C16H20N6O4/c1-3-26-16(24)21-10-8-20(9-11-21)15(23)14-17-19-22(18-14)12-4-6-13(25-2)7-5-12/h4-7H,3,8-11H2,1-2H3. The number of nitrogens with zero attached hydrogens (tertiary/aromatic N) is 6. The molecule has 0 unspecified atom stereocenters. The summed E-state index contributed by atoms with van der Waals surface area (Å²) in [5.41, 5.74) is 0.671. The summed E-state index contributed by atoms with van der Waals surface area (Å²) in [5, 5.41) is 11.9. The molecule has 1 aromatic carbocycles. The van der Waals surface area contributed by atoms with Crippen LogP contribution in [0.15, 0.2) is 24.3 Å². The topological polar surface area (TPSA) is 103 Å². The summed E-state index contributed by atoms with van der Waals surface area (Å²) < 4.78 is 10.1. The molecular formula is C16H20N6O4. The van der Waals surface area contributed by atoms with Crippen LogP contribution in [0.4, 0.5) is 4.79 Å². The molecule has 0 aliphatic carbocycles. The molecule has 3 rings (SSSR count). The molecule has 10 nitrogen and oxygen atoms in total. The van der Waals surface area contributed by atoms with Gasteiger partial charge in [0.1, 0.15) is 5.75 Å². The molecule has 1 aromatic heterocycles. The molecule has 1 saturated heterocycles. The predicted octanol–water partition coefficient (Wildman–Crippen LogP) is 0.585. The van der Waals surface area contributed by atoms with Crippen LogP contribution in [0.2, 0.25) is 0 Å². The van der Waals surface area contributed by atoms with Crippen molar-refractivity contribution in [3.8, 4) is 11.4 Å². The largest absolute Gasteiger partial charge is 0.497 e. The molecule has 0 N–H and O–H groups in total. The van der Waals surface area contributed by atoms with Crippen molar-refractivity contribution in [2.24, 2.45) is 0 Å².